The first-order chi connectivity index (χ1) is 6.57. The van der Waals surface area contributed by atoms with Crippen LogP contribution in [0.2, 0.25) is 0 Å². The van der Waals surface area contributed by atoms with E-state index in [2.05, 4.69) is 0 Å². The highest BCUT2D eigenvalue weighted by Crippen LogP contribution is 2.39. The van der Waals surface area contributed by atoms with Crippen molar-refractivity contribution in [3.05, 3.63) is 0 Å². The predicted molar refractivity (Wildman–Crippen MR) is 46.4 cm³/mol. The fourth-order valence-corrected chi connectivity index (χ4v) is 2.35. The van der Waals surface area contributed by atoms with Crippen molar-refractivity contribution in [2.24, 2.45) is 5.73 Å². The second-order valence-electron chi connectivity index (χ2n) is 4.52. The highest BCUT2D eigenvalue weighted by Gasteiger charge is 2.57. The maximum absolute atomic E-state index is 6.01. The van der Waals surface area contributed by atoms with Crippen molar-refractivity contribution in [3.63, 3.8) is 0 Å². The molecule has 3 rings (SSSR count). The zero-order valence-corrected chi connectivity index (χ0v) is 8.30. The van der Waals surface area contributed by atoms with E-state index in [1.165, 1.54) is 0 Å². The van der Waals surface area contributed by atoms with Gasteiger partial charge >= 0.3 is 0 Å². The number of hydrogen-bond donors (Lipinski definition) is 1. The molecule has 0 aromatic carbocycles. The van der Waals surface area contributed by atoms with Crippen molar-refractivity contribution in [1.29, 1.82) is 0 Å². The summed E-state index contributed by atoms with van der Waals surface area (Å²) in [6, 6.07) is -0.152. The van der Waals surface area contributed by atoms with Gasteiger partial charge in [0.05, 0.1) is 12.6 Å². The molecule has 3 aliphatic rings. The third kappa shape index (κ3) is 1.14. The third-order valence-electron chi connectivity index (χ3n) is 2.97. The monoisotopic (exact) mass is 201 g/mol. The molecule has 0 aromatic heterocycles. The molecule has 2 N–H and O–H groups in total. The molecule has 0 saturated carbocycles. The van der Waals surface area contributed by atoms with Gasteiger partial charge in [-0.25, -0.2) is 0 Å². The minimum Gasteiger partial charge on any atom is -0.347 e. The van der Waals surface area contributed by atoms with Crippen LogP contribution in [0.25, 0.3) is 0 Å². The Bertz CT molecular complexity index is 249. The summed E-state index contributed by atoms with van der Waals surface area (Å²) in [5.74, 6) is -0.579. The molecule has 5 heteroatoms. The molecule has 0 radical (unpaired) electrons. The first-order valence-corrected chi connectivity index (χ1v) is 4.95. The Kier molecular flexibility index (Phi) is 1.73. The van der Waals surface area contributed by atoms with Crippen molar-refractivity contribution in [1.82, 2.24) is 0 Å². The number of rotatable bonds is 0. The molecular weight excluding hydrogens is 186 g/mol. The maximum Gasteiger partial charge on any atom is 0.187 e. The van der Waals surface area contributed by atoms with Gasteiger partial charge in [-0.1, -0.05) is 0 Å². The van der Waals surface area contributed by atoms with E-state index in [9.17, 15) is 0 Å². The van der Waals surface area contributed by atoms with Gasteiger partial charge in [-0.2, -0.15) is 0 Å². The zero-order chi connectivity index (χ0) is 9.92. The third-order valence-corrected chi connectivity index (χ3v) is 2.97. The van der Waals surface area contributed by atoms with Crippen LogP contribution in [0.15, 0.2) is 0 Å². The van der Waals surface area contributed by atoms with E-state index < -0.39 is 5.79 Å². The Balaban J connectivity index is 1.88. The van der Waals surface area contributed by atoms with Gasteiger partial charge < -0.3 is 24.7 Å². The molecule has 3 saturated heterocycles. The Morgan fingerprint density at radius 3 is 2.71 bits per heavy atom. The maximum atomic E-state index is 6.01. The van der Waals surface area contributed by atoms with E-state index in [0.29, 0.717) is 6.61 Å². The number of fused-ring (bicyclic) bond motifs is 4. The van der Waals surface area contributed by atoms with E-state index >= 15 is 0 Å². The lowest BCUT2D eigenvalue weighted by atomic mass is 9.99. The van der Waals surface area contributed by atoms with Crippen LogP contribution in [0.1, 0.15) is 13.8 Å². The van der Waals surface area contributed by atoms with Crippen molar-refractivity contribution in [2.75, 3.05) is 6.61 Å². The highest BCUT2D eigenvalue weighted by atomic mass is 16.8. The minimum absolute atomic E-state index is 0.0428. The second kappa shape index (κ2) is 2.68. The normalized spacial score (nSPS) is 54.6. The number of nitrogens with two attached hydrogens (primary N) is 1. The quantitative estimate of drug-likeness (QED) is 0.577. The topological polar surface area (TPSA) is 62.9 Å². The molecule has 0 spiro atoms. The molecular formula is C9H15NO4. The van der Waals surface area contributed by atoms with Gasteiger partial charge in [-0.3, -0.25) is 0 Å². The molecule has 5 unspecified atom stereocenters. The zero-order valence-electron chi connectivity index (χ0n) is 8.30. The smallest absolute Gasteiger partial charge is 0.187 e. The van der Waals surface area contributed by atoms with Gasteiger partial charge in [-0.05, 0) is 13.8 Å². The van der Waals surface area contributed by atoms with E-state index in [1.807, 2.05) is 13.8 Å². The molecule has 3 heterocycles. The summed E-state index contributed by atoms with van der Waals surface area (Å²) in [7, 11) is 0. The molecule has 0 amide bonds. The molecule has 0 aliphatic carbocycles. The molecule has 3 aliphatic heterocycles. The summed E-state index contributed by atoms with van der Waals surface area (Å²) in [5, 5.41) is 0. The lowest BCUT2D eigenvalue weighted by molar-refractivity contribution is -0.187. The van der Waals surface area contributed by atoms with E-state index in [0.717, 1.165) is 0 Å². The summed E-state index contributed by atoms with van der Waals surface area (Å²) < 4.78 is 22.5. The summed E-state index contributed by atoms with van der Waals surface area (Å²) in [4.78, 5) is 0. The summed E-state index contributed by atoms with van der Waals surface area (Å²) in [6.45, 7) is 4.31. The predicted octanol–water partition coefficient (Wildman–Crippen LogP) is -0.411. The van der Waals surface area contributed by atoms with Gasteiger partial charge in [0.2, 0.25) is 0 Å². The molecule has 3 fully saturated rings. The van der Waals surface area contributed by atoms with Gasteiger partial charge in [0.25, 0.3) is 0 Å². The van der Waals surface area contributed by atoms with Crippen molar-refractivity contribution in [2.45, 2.75) is 50.3 Å². The van der Waals surface area contributed by atoms with Crippen molar-refractivity contribution >= 4 is 0 Å². The molecule has 0 aromatic rings. The Morgan fingerprint density at radius 1 is 1.21 bits per heavy atom. The molecule has 5 atom stereocenters. The lowest BCUT2D eigenvalue weighted by Crippen LogP contribution is -2.56. The van der Waals surface area contributed by atoms with Crippen LogP contribution in [0, 0.1) is 0 Å². The Hall–Kier alpha value is -0.200. The van der Waals surface area contributed by atoms with Gasteiger partial charge in [-0.15, -0.1) is 0 Å². The fourth-order valence-electron chi connectivity index (χ4n) is 2.35. The number of ether oxygens (including phenoxy) is 4. The van der Waals surface area contributed by atoms with Gasteiger partial charge in [0.1, 0.15) is 18.3 Å². The largest absolute Gasteiger partial charge is 0.347 e. The van der Waals surface area contributed by atoms with Crippen LogP contribution in [0.4, 0.5) is 0 Å². The van der Waals surface area contributed by atoms with E-state index in [1.54, 1.807) is 0 Å². The fraction of sp³-hybridized carbons (Fsp3) is 1.00. The summed E-state index contributed by atoms with van der Waals surface area (Å²) in [5.41, 5.74) is 6.01. The molecule has 5 nitrogen and oxygen atoms in total. The van der Waals surface area contributed by atoms with E-state index in [4.69, 9.17) is 24.7 Å². The van der Waals surface area contributed by atoms with Crippen molar-refractivity contribution in [3.8, 4) is 0 Å². The van der Waals surface area contributed by atoms with Crippen LogP contribution in [-0.2, 0) is 18.9 Å². The van der Waals surface area contributed by atoms with E-state index in [-0.39, 0.29) is 30.6 Å². The second-order valence-corrected chi connectivity index (χ2v) is 4.52. The van der Waals surface area contributed by atoms with Gasteiger partial charge in [0.15, 0.2) is 12.1 Å². The minimum atomic E-state index is -0.579. The lowest BCUT2D eigenvalue weighted by Gasteiger charge is -2.32. The van der Waals surface area contributed by atoms with Crippen LogP contribution in [-0.4, -0.2) is 43.0 Å². The highest BCUT2D eigenvalue weighted by molar-refractivity contribution is 5.00. The average molecular weight is 201 g/mol. The Labute approximate surface area is 82.4 Å². The SMILES string of the molecule is CC1(C)OC2C3OCC(O3)C(N)C2O1. The Morgan fingerprint density at radius 2 is 1.93 bits per heavy atom. The summed E-state index contributed by atoms with van der Waals surface area (Å²) in [6.07, 6.45) is -0.625. The molecule has 14 heavy (non-hydrogen) atoms. The van der Waals surface area contributed by atoms with Crippen LogP contribution in [0.3, 0.4) is 0 Å². The van der Waals surface area contributed by atoms with Crippen LogP contribution >= 0.6 is 0 Å². The summed E-state index contributed by atoms with van der Waals surface area (Å²) >= 11 is 0. The average Bonchev–Trinajstić information content (AvgIpc) is 2.64. The molecule has 80 valence electrons. The first kappa shape index (κ1) is 9.06. The van der Waals surface area contributed by atoms with Crippen LogP contribution in [0.5, 0.6) is 0 Å². The van der Waals surface area contributed by atoms with Crippen molar-refractivity contribution < 1.29 is 18.9 Å². The molecule has 2 bridgehead atoms. The van der Waals surface area contributed by atoms with Crippen LogP contribution < -0.4 is 5.73 Å². The first-order valence-electron chi connectivity index (χ1n) is 4.95. The standard InChI is InChI=1S/C9H15NO4/c1-9(2)13-6-5(10)4-3-11-8(12-4)7(6)14-9/h4-8H,3,10H2,1-2H3. The number of hydrogen-bond acceptors (Lipinski definition) is 5. The van der Waals surface area contributed by atoms with Gasteiger partial charge in [0, 0.05) is 0 Å².